The predicted molar refractivity (Wildman–Crippen MR) is 77.9 cm³/mol. The van der Waals surface area contributed by atoms with Gasteiger partial charge in [0.15, 0.2) is 9.84 Å². The van der Waals surface area contributed by atoms with Crippen LogP contribution in [0.1, 0.15) is 6.42 Å². The summed E-state index contributed by atoms with van der Waals surface area (Å²) in [4.78, 5) is 11.6. The first-order valence-electron chi connectivity index (χ1n) is 6.70. The van der Waals surface area contributed by atoms with Crippen molar-refractivity contribution >= 4 is 21.4 Å². The molecule has 116 valence electrons. The molecule has 0 saturated carbocycles. The van der Waals surface area contributed by atoms with E-state index in [1.54, 1.807) is 12.1 Å². The smallest absolute Gasteiger partial charge is 0.250 e. The fourth-order valence-corrected chi connectivity index (χ4v) is 3.82. The Balaban J connectivity index is 2.01. The van der Waals surface area contributed by atoms with Gasteiger partial charge in [-0.25, -0.2) is 8.42 Å². The lowest BCUT2D eigenvalue weighted by Crippen LogP contribution is -2.18. The number of hydrogen-bond donors (Lipinski definition) is 1. The highest BCUT2D eigenvalue weighted by atomic mass is 32.2. The van der Waals surface area contributed by atoms with Gasteiger partial charge in [-0.3, -0.25) is 4.79 Å². The summed E-state index contributed by atoms with van der Waals surface area (Å²) in [5, 5.41) is 2.62. The Hall–Kier alpha value is -1.44. The Labute approximate surface area is 124 Å². The van der Waals surface area contributed by atoms with E-state index in [1.165, 1.54) is 19.2 Å². The van der Waals surface area contributed by atoms with E-state index < -0.39 is 9.84 Å². The van der Waals surface area contributed by atoms with Crippen LogP contribution in [0.3, 0.4) is 0 Å². The van der Waals surface area contributed by atoms with E-state index in [0.29, 0.717) is 18.9 Å². The Morgan fingerprint density at radius 3 is 2.67 bits per heavy atom. The van der Waals surface area contributed by atoms with Crippen molar-refractivity contribution in [3.63, 3.8) is 0 Å². The first kappa shape index (κ1) is 15.9. The minimum absolute atomic E-state index is 0.0400. The summed E-state index contributed by atoms with van der Waals surface area (Å²) in [6.45, 7) is 1.09. The van der Waals surface area contributed by atoms with E-state index in [-0.39, 0.29) is 29.1 Å². The highest BCUT2D eigenvalue weighted by Gasteiger charge is 2.24. The highest BCUT2D eigenvalue weighted by molar-refractivity contribution is 7.91. The second-order valence-corrected chi connectivity index (χ2v) is 7.05. The fourth-order valence-electron chi connectivity index (χ4n) is 2.20. The molecular formula is C14H19NO5S. The average Bonchev–Trinajstić information content (AvgIpc) is 2.91. The second-order valence-electron chi connectivity index (χ2n) is 5.02. The first-order chi connectivity index (χ1) is 10.0. The maximum Gasteiger partial charge on any atom is 0.250 e. The summed E-state index contributed by atoms with van der Waals surface area (Å²) >= 11 is 0. The molecule has 1 aromatic carbocycles. The monoisotopic (exact) mass is 313 g/mol. The van der Waals surface area contributed by atoms with E-state index in [9.17, 15) is 13.2 Å². The van der Waals surface area contributed by atoms with E-state index >= 15 is 0 Å². The molecule has 21 heavy (non-hydrogen) atoms. The van der Waals surface area contributed by atoms with Gasteiger partial charge in [0.25, 0.3) is 0 Å². The quantitative estimate of drug-likeness (QED) is 0.850. The van der Waals surface area contributed by atoms with Gasteiger partial charge in [0.1, 0.15) is 6.61 Å². The molecule has 1 aliphatic rings. The summed E-state index contributed by atoms with van der Waals surface area (Å²) < 4.78 is 34.4. The van der Waals surface area contributed by atoms with E-state index in [0.717, 1.165) is 6.42 Å². The van der Waals surface area contributed by atoms with Crippen molar-refractivity contribution in [1.82, 2.24) is 0 Å². The van der Waals surface area contributed by atoms with Crippen LogP contribution in [0, 0.1) is 5.92 Å². The lowest BCUT2D eigenvalue weighted by molar-refractivity contribution is -0.119. The van der Waals surface area contributed by atoms with Crippen LogP contribution in [-0.2, 0) is 24.1 Å². The van der Waals surface area contributed by atoms with Gasteiger partial charge in [-0.2, -0.15) is 0 Å². The number of carbonyl (C=O) groups is 1. The molecule has 1 atom stereocenters. The van der Waals surface area contributed by atoms with Gasteiger partial charge in [-0.15, -0.1) is 0 Å². The fraction of sp³-hybridized carbons (Fsp3) is 0.500. The van der Waals surface area contributed by atoms with Gasteiger partial charge in [0.05, 0.1) is 17.3 Å². The number of hydrogen-bond acceptors (Lipinski definition) is 5. The standard InChI is InChI=1S/C14H19NO5S/c1-19-9-14(16)15-12-2-4-13(5-3-12)21(17,18)10-11-6-7-20-8-11/h2-5,11H,6-10H2,1H3,(H,15,16)/t11-/m1/s1. The zero-order valence-corrected chi connectivity index (χ0v) is 12.7. The second kappa shape index (κ2) is 7.02. The predicted octanol–water partition coefficient (Wildman–Crippen LogP) is 1.08. The van der Waals surface area contributed by atoms with Crippen LogP contribution in [0.4, 0.5) is 5.69 Å². The third-order valence-corrected chi connectivity index (χ3v) is 5.15. The van der Waals surface area contributed by atoms with Crippen molar-refractivity contribution in [2.75, 3.05) is 38.0 Å². The maximum absolute atomic E-state index is 12.3. The molecule has 7 heteroatoms. The van der Waals surface area contributed by atoms with Crippen molar-refractivity contribution in [1.29, 1.82) is 0 Å². The maximum atomic E-state index is 12.3. The van der Waals surface area contributed by atoms with Crippen LogP contribution < -0.4 is 5.32 Å². The molecule has 0 radical (unpaired) electrons. The molecule has 0 bridgehead atoms. The molecule has 1 aliphatic heterocycles. The van der Waals surface area contributed by atoms with Crippen LogP contribution in [0.2, 0.25) is 0 Å². The molecule has 0 aromatic heterocycles. The number of methoxy groups -OCH3 is 1. The molecule has 1 aromatic rings. The van der Waals surface area contributed by atoms with Gasteiger partial charge in [0, 0.05) is 19.4 Å². The van der Waals surface area contributed by atoms with Crippen LogP contribution in [0.15, 0.2) is 29.2 Å². The number of carbonyl (C=O) groups excluding carboxylic acids is 1. The largest absolute Gasteiger partial charge is 0.381 e. The van der Waals surface area contributed by atoms with Gasteiger partial charge in [0.2, 0.25) is 5.91 Å². The van der Waals surface area contributed by atoms with E-state index in [2.05, 4.69) is 5.32 Å². The summed E-state index contributed by atoms with van der Waals surface area (Å²) in [7, 11) is -1.88. The molecule has 0 aliphatic carbocycles. The number of ether oxygens (including phenoxy) is 2. The Bertz CT molecular complexity index is 576. The molecule has 2 rings (SSSR count). The average molecular weight is 313 g/mol. The number of benzene rings is 1. The van der Waals surface area contributed by atoms with Crippen molar-refractivity contribution in [3.8, 4) is 0 Å². The Morgan fingerprint density at radius 2 is 2.10 bits per heavy atom. The third-order valence-electron chi connectivity index (χ3n) is 3.25. The van der Waals surface area contributed by atoms with Crippen LogP contribution >= 0.6 is 0 Å². The van der Waals surface area contributed by atoms with Crippen molar-refractivity contribution in [3.05, 3.63) is 24.3 Å². The highest BCUT2D eigenvalue weighted by Crippen LogP contribution is 2.21. The minimum atomic E-state index is -3.32. The molecule has 1 saturated heterocycles. The molecule has 0 unspecified atom stereocenters. The van der Waals surface area contributed by atoms with Crippen LogP contribution in [-0.4, -0.2) is 47.0 Å². The van der Waals surface area contributed by atoms with E-state index in [1.807, 2.05) is 0 Å². The number of rotatable bonds is 6. The normalized spacial score (nSPS) is 18.6. The lowest BCUT2D eigenvalue weighted by atomic mass is 10.2. The number of nitrogens with one attached hydrogen (secondary N) is 1. The zero-order valence-electron chi connectivity index (χ0n) is 11.9. The lowest BCUT2D eigenvalue weighted by Gasteiger charge is -2.10. The molecule has 1 heterocycles. The Morgan fingerprint density at radius 1 is 1.38 bits per heavy atom. The molecule has 6 nitrogen and oxygen atoms in total. The Kier molecular flexibility index (Phi) is 5.33. The summed E-state index contributed by atoms with van der Waals surface area (Å²) in [5.74, 6) is -0.116. The van der Waals surface area contributed by atoms with Crippen LogP contribution in [0.25, 0.3) is 0 Å². The SMILES string of the molecule is COCC(=O)Nc1ccc(S(=O)(=O)C[C@@H]2CCOC2)cc1. The topological polar surface area (TPSA) is 81.7 Å². The van der Waals surface area contributed by atoms with Gasteiger partial charge in [-0.05, 0) is 36.6 Å². The zero-order chi connectivity index (χ0) is 15.3. The van der Waals surface area contributed by atoms with Gasteiger partial charge in [-0.1, -0.05) is 0 Å². The molecule has 1 N–H and O–H groups in total. The third kappa shape index (κ3) is 4.52. The van der Waals surface area contributed by atoms with Crippen molar-refractivity contribution in [2.45, 2.75) is 11.3 Å². The summed E-state index contributed by atoms with van der Waals surface area (Å²) in [6, 6.07) is 6.16. The van der Waals surface area contributed by atoms with Gasteiger partial charge >= 0.3 is 0 Å². The summed E-state index contributed by atoms with van der Waals surface area (Å²) in [6.07, 6.45) is 0.782. The molecule has 1 fully saturated rings. The first-order valence-corrected chi connectivity index (χ1v) is 8.36. The van der Waals surface area contributed by atoms with Crippen molar-refractivity contribution in [2.24, 2.45) is 5.92 Å². The summed E-state index contributed by atoms with van der Waals surface area (Å²) in [5.41, 5.74) is 0.542. The molecular weight excluding hydrogens is 294 g/mol. The number of amides is 1. The van der Waals surface area contributed by atoms with Crippen LogP contribution in [0.5, 0.6) is 0 Å². The molecule has 0 spiro atoms. The van der Waals surface area contributed by atoms with E-state index in [4.69, 9.17) is 9.47 Å². The minimum Gasteiger partial charge on any atom is -0.381 e. The van der Waals surface area contributed by atoms with Crippen molar-refractivity contribution < 1.29 is 22.7 Å². The number of sulfone groups is 1. The number of anilines is 1. The van der Waals surface area contributed by atoms with Gasteiger partial charge < -0.3 is 14.8 Å². The molecule has 1 amide bonds.